The molecule has 4 rings (SSSR count). The summed E-state index contributed by atoms with van der Waals surface area (Å²) in [7, 11) is -3.43. The van der Waals surface area contributed by atoms with Crippen molar-refractivity contribution in [1.82, 2.24) is 4.41 Å². The molecular weight excluding hydrogens is 336 g/mol. The van der Waals surface area contributed by atoms with Crippen molar-refractivity contribution >= 4 is 27.1 Å². The smallest absolute Gasteiger partial charge is 0.247 e. The summed E-state index contributed by atoms with van der Waals surface area (Å²) in [4.78, 5) is 0.981. The van der Waals surface area contributed by atoms with Crippen molar-refractivity contribution < 1.29 is 17.9 Å². The van der Waals surface area contributed by atoms with Crippen LogP contribution >= 0.6 is 11.3 Å². The maximum Gasteiger partial charge on any atom is 0.247 e. The van der Waals surface area contributed by atoms with Crippen LogP contribution in [0.15, 0.2) is 40.8 Å². The second-order valence-corrected chi connectivity index (χ2v) is 8.21. The summed E-state index contributed by atoms with van der Waals surface area (Å²) in [6, 6.07) is 9.11. The Hall–Kier alpha value is -2.06. The third kappa shape index (κ3) is 2.57. The number of hydrogen-bond acceptors (Lipinski definition) is 6. The summed E-state index contributed by atoms with van der Waals surface area (Å²) in [5.41, 5.74) is 1.58. The van der Waals surface area contributed by atoms with Crippen LogP contribution in [-0.4, -0.2) is 31.6 Å². The second kappa shape index (κ2) is 5.24. The normalized spacial score (nSPS) is 20.0. The lowest BCUT2D eigenvalue weighted by atomic mass is 10.0. The van der Waals surface area contributed by atoms with E-state index in [1.165, 1.54) is 22.0 Å². The van der Waals surface area contributed by atoms with Crippen molar-refractivity contribution in [2.75, 3.05) is 13.0 Å². The highest BCUT2D eigenvalue weighted by molar-refractivity contribution is 7.88. The third-order valence-corrected chi connectivity index (χ3v) is 5.78. The molecule has 3 heterocycles. The zero-order chi connectivity index (χ0) is 16.0. The van der Waals surface area contributed by atoms with Gasteiger partial charge in [0.05, 0.1) is 12.0 Å². The van der Waals surface area contributed by atoms with E-state index in [0.717, 1.165) is 16.2 Å². The molecule has 0 radical (unpaired) electrons. The van der Waals surface area contributed by atoms with Gasteiger partial charge in [-0.1, -0.05) is 6.07 Å². The molecule has 1 aromatic heterocycles. The first-order chi connectivity index (χ1) is 11.0. The highest BCUT2D eigenvalue weighted by atomic mass is 32.2. The molecule has 1 unspecified atom stereocenters. The monoisotopic (exact) mass is 350 g/mol. The van der Waals surface area contributed by atoms with E-state index in [1.54, 1.807) is 0 Å². The molecule has 2 aliphatic heterocycles. The van der Waals surface area contributed by atoms with E-state index in [1.807, 2.05) is 35.7 Å². The van der Waals surface area contributed by atoms with Crippen LogP contribution in [0.4, 0.5) is 0 Å². The van der Waals surface area contributed by atoms with Crippen LogP contribution < -0.4 is 9.47 Å². The van der Waals surface area contributed by atoms with Crippen molar-refractivity contribution in [3.05, 3.63) is 46.2 Å². The summed E-state index contributed by atoms with van der Waals surface area (Å²) in [6.07, 6.45) is 1.72. The fourth-order valence-electron chi connectivity index (χ4n) is 2.74. The Balaban J connectivity index is 1.72. The fourth-order valence-corrected chi connectivity index (χ4v) is 4.51. The predicted octanol–water partition coefficient (Wildman–Crippen LogP) is 2.59. The van der Waals surface area contributed by atoms with Crippen molar-refractivity contribution in [3.63, 3.8) is 0 Å². The van der Waals surface area contributed by atoms with Gasteiger partial charge in [-0.15, -0.1) is 11.3 Å². The molecule has 0 fully saturated rings. The van der Waals surface area contributed by atoms with E-state index in [0.29, 0.717) is 17.9 Å². The Morgan fingerprint density at radius 1 is 1.26 bits per heavy atom. The van der Waals surface area contributed by atoms with Gasteiger partial charge in [-0.25, -0.2) is 8.42 Å². The number of sulfonamides is 1. The molecule has 2 aromatic rings. The molecule has 0 amide bonds. The minimum absolute atomic E-state index is 0.207. The molecule has 0 saturated heterocycles. The number of thiophene rings is 1. The van der Waals surface area contributed by atoms with Crippen molar-refractivity contribution in [1.29, 1.82) is 0 Å². The SMILES string of the molecule is CS(=O)(=O)N1N=C(c2ccc3c(c2)OCO3)CC1c1cccs1. The van der Waals surface area contributed by atoms with Crippen LogP contribution in [0, 0.1) is 0 Å². The number of ether oxygens (including phenoxy) is 2. The van der Waals surface area contributed by atoms with Gasteiger partial charge < -0.3 is 9.47 Å². The average molecular weight is 350 g/mol. The summed E-state index contributed by atoms with van der Waals surface area (Å²) in [5, 5.41) is 6.30. The van der Waals surface area contributed by atoms with Gasteiger partial charge in [0.2, 0.25) is 16.8 Å². The van der Waals surface area contributed by atoms with Crippen LogP contribution in [0.1, 0.15) is 22.9 Å². The van der Waals surface area contributed by atoms with E-state index in [2.05, 4.69) is 5.10 Å². The number of benzene rings is 1. The van der Waals surface area contributed by atoms with E-state index in [4.69, 9.17) is 9.47 Å². The standard InChI is InChI=1S/C15H14N2O4S2/c1-23(18,19)17-12(15-3-2-6-22-15)8-11(16-17)10-4-5-13-14(7-10)21-9-20-13/h2-7,12H,8-9H2,1H3. The van der Waals surface area contributed by atoms with E-state index in [-0.39, 0.29) is 12.8 Å². The molecule has 120 valence electrons. The summed E-state index contributed by atoms with van der Waals surface area (Å²) in [6.45, 7) is 0.207. The Labute approximate surface area is 138 Å². The lowest BCUT2D eigenvalue weighted by Gasteiger charge is -2.19. The number of hydrogen-bond donors (Lipinski definition) is 0. The van der Waals surface area contributed by atoms with Gasteiger partial charge >= 0.3 is 0 Å². The molecular formula is C15H14N2O4S2. The van der Waals surface area contributed by atoms with Crippen LogP contribution in [0.3, 0.4) is 0 Å². The van der Waals surface area contributed by atoms with Crippen LogP contribution in [0.2, 0.25) is 0 Å². The summed E-state index contributed by atoms with van der Waals surface area (Å²) in [5.74, 6) is 1.36. The Kier molecular flexibility index (Phi) is 3.31. The molecule has 23 heavy (non-hydrogen) atoms. The molecule has 1 atom stereocenters. The van der Waals surface area contributed by atoms with Gasteiger partial charge in [0.1, 0.15) is 6.04 Å². The van der Waals surface area contributed by atoms with E-state index < -0.39 is 10.0 Å². The maximum atomic E-state index is 12.1. The number of rotatable bonds is 3. The van der Waals surface area contributed by atoms with Crippen LogP contribution in [0.25, 0.3) is 0 Å². The van der Waals surface area contributed by atoms with Crippen molar-refractivity contribution in [2.45, 2.75) is 12.5 Å². The molecule has 0 bridgehead atoms. The van der Waals surface area contributed by atoms with Crippen LogP contribution in [-0.2, 0) is 10.0 Å². The van der Waals surface area contributed by atoms with Gasteiger partial charge in [0.25, 0.3) is 0 Å². The zero-order valence-corrected chi connectivity index (χ0v) is 13.9. The first-order valence-corrected chi connectivity index (χ1v) is 9.75. The average Bonchev–Trinajstić information content (AvgIpc) is 3.24. The highest BCUT2D eigenvalue weighted by Crippen LogP contribution is 2.39. The third-order valence-electron chi connectivity index (χ3n) is 3.79. The Morgan fingerprint density at radius 3 is 2.83 bits per heavy atom. The molecule has 8 heteroatoms. The van der Waals surface area contributed by atoms with Crippen molar-refractivity contribution in [2.24, 2.45) is 5.10 Å². The first-order valence-electron chi connectivity index (χ1n) is 7.03. The van der Waals surface area contributed by atoms with Gasteiger partial charge in [-0.2, -0.15) is 9.52 Å². The fraction of sp³-hybridized carbons (Fsp3) is 0.267. The zero-order valence-electron chi connectivity index (χ0n) is 12.3. The minimum atomic E-state index is -3.43. The predicted molar refractivity (Wildman–Crippen MR) is 87.5 cm³/mol. The maximum absolute atomic E-state index is 12.1. The number of hydrazone groups is 1. The van der Waals surface area contributed by atoms with E-state index in [9.17, 15) is 8.42 Å². The quantitative estimate of drug-likeness (QED) is 0.853. The van der Waals surface area contributed by atoms with Gasteiger partial charge in [0, 0.05) is 16.9 Å². The summed E-state index contributed by atoms with van der Waals surface area (Å²) < 4.78 is 36.1. The minimum Gasteiger partial charge on any atom is -0.454 e. The first kappa shape index (κ1) is 14.5. The molecule has 0 spiro atoms. The van der Waals surface area contributed by atoms with E-state index >= 15 is 0 Å². The van der Waals surface area contributed by atoms with Gasteiger partial charge in [-0.05, 0) is 29.6 Å². The second-order valence-electron chi connectivity index (χ2n) is 5.39. The van der Waals surface area contributed by atoms with Crippen LogP contribution in [0.5, 0.6) is 11.5 Å². The molecule has 0 saturated carbocycles. The summed E-state index contributed by atoms with van der Waals surface area (Å²) >= 11 is 1.53. The lowest BCUT2D eigenvalue weighted by Crippen LogP contribution is -2.25. The molecule has 1 aromatic carbocycles. The largest absolute Gasteiger partial charge is 0.454 e. The molecule has 2 aliphatic rings. The molecule has 0 aliphatic carbocycles. The topological polar surface area (TPSA) is 68.2 Å². The number of fused-ring (bicyclic) bond motifs is 1. The Bertz CT molecular complexity index is 875. The molecule has 0 N–H and O–H groups in total. The number of nitrogens with zero attached hydrogens (tertiary/aromatic N) is 2. The van der Waals surface area contributed by atoms with Crippen molar-refractivity contribution in [3.8, 4) is 11.5 Å². The lowest BCUT2D eigenvalue weighted by molar-refractivity contribution is 0.174. The van der Waals surface area contributed by atoms with Gasteiger partial charge in [-0.3, -0.25) is 0 Å². The van der Waals surface area contributed by atoms with Gasteiger partial charge in [0.15, 0.2) is 11.5 Å². The highest BCUT2D eigenvalue weighted by Gasteiger charge is 2.35. The molecule has 6 nitrogen and oxygen atoms in total. The Morgan fingerprint density at radius 2 is 2.09 bits per heavy atom.